The zero-order chi connectivity index (χ0) is 30.3. The van der Waals surface area contributed by atoms with Gasteiger partial charge in [-0.2, -0.15) is 0 Å². The Hall–Kier alpha value is -5.73. The highest BCUT2D eigenvalue weighted by molar-refractivity contribution is 6.21. The summed E-state index contributed by atoms with van der Waals surface area (Å²) in [5, 5.41) is 7.54. The molecule has 7 aromatic carbocycles. The van der Waals surface area contributed by atoms with Crippen molar-refractivity contribution in [3.05, 3.63) is 158 Å². The topological polar surface area (TPSA) is 17.8 Å². The lowest BCUT2D eigenvalue weighted by molar-refractivity contribution is 1.12. The number of aromatic nitrogens is 2. The van der Waals surface area contributed by atoms with Gasteiger partial charge < -0.3 is 0 Å². The molecule has 0 saturated heterocycles. The van der Waals surface area contributed by atoms with E-state index in [1.54, 1.807) is 0 Å². The van der Waals surface area contributed by atoms with Crippen molar-refractivity contribution >= 4 is 49.0 Å². The van der Waals surface area contributed by atoms with E-state index in [1.807, 2.05) is 6.92 Å². The molecule has 0 radical (unpaired) electrons. The monoisotopic (exact) mass is 576 g/mol. The lowest BCUT2D eigenvalue weighted by Gasteiger charge is -2.18. The number of para-hydroxylation sites is 2. The molecule has 0 unspecified atom stereocenters. The third-order valence-electron chi connectivity index (χ3n) is 8.84. The van der Waals surface area contributed by atoms with Crippen LogP contribution in [0.15, 0.2) is 158 Å². The minimum absolute atomic E-state index is 0.947. The van der Waals surface area contributed by atoms with Crippen LogP contribution in [-0.2, 0) is 0 Å². The third-order valence-corrected chi connectivity index (χ3v) is 8.84. The maximum absolute atomic E-state index is 5.08. The number of hydrogen-bond donors (Lipinski definition) is 0. The third kappa shape index (κ3) is 4.54. The smallest absolute Gasteiger partial charge is 0.145 e. The van der Waals surface area contributed by atoms with Gasteiger partial charge in [-0.15, -0.1) is 0 Å². The van der Waals surface area contributed by atoms with Crippen molar-refractivity contribution in [1.82, 2.24) is 9.55 Å². The average Bonchev–Trinajstić information content (AvgIpc) is 3.49. The molecule has 1 heterocycles. The van der Waals surface area contributed by atoms with Crippen molar-refractivity contribution < 1.29 is 0 Å². The highest BCUT2D eigenvalue weighted by Crippen LogP contribution is 2.44. The minimum atomic E-state index is 0.947. The molecule has 0 saturated carbocycles. The van der Waals surface area contributed by atoms with Crippen LogP contribution >= 0.6 is 0 Å². The fraction of sp³-hybridized carbons (Fsp3) is 0.0465. The molecule has 0 aliphatic heterocycles. The van der Waals surface area contributed by atoms with E-state index in [0.717, 1.165) is 28.1 Å². The highest BCUT2D eigenvalue weighted by atomic mass is 15.1. The highest BCUT2D eigenvalue weighted by Gasteiger charge is 2.18. The number of hydrogen-bond acceptors (Lipinski definition) is 1. The summed E-state index contributed by atoms with van der Waals surface area (Å²) in [5.41, 5.74) is 9.29. The van der Waals surface area contributed by atoms with Crippen LogP contribution in [0.25, 0.3) is 82.7 Å². The molecule has 0 amide bonds. The SMILES string of the molecule is C/C=C\C=C(/C)n1c(-c2ccc(-c3c4ccccc4c(-c4ccc5ccccc5c4)c4ccccc34)cc2)nc2ccccc21. The van der Waals surface area contributed by atoms with Crippen LogP contribution in [0.3, 0.4) is 0 Å². The lowest BCUT2D eigenvalue weighted by atomic mass is 9.85. The van der Waals surface area contributed by atoms with Crippen LogP contribution in [0.4, 0.5) is 0 Å². The largest absolute Gasteiger partial charge is 0.296 e. The second kappa shape index (κ2) is 11.1. The van der Waals surface area contributed by atoms with E-state index in [-0.39, 0.29) is 0 Å². The maximum atomic E-state index is 5.08. The summed E-state index contributed by atoms with van der Waals surface area (Å²) in [6, 6.07) is 50.4. The summed E-state index contributed by atoms with van der Waals surface area (Å²) in [6.07, 6.45) is 6.27. The summed E-state index contributed by atoms with van der Waals surface area (Å²) < 4.78 is 2.26. The first kappa shape index (κ1) is 26.9. The fourth-order valence-electron chi connectivity index (χ4n) is 6.77. The molecule has 0 N–H and O–H groups in total. The molecule has 0 aliphatic carbocycles. The van der Waals surface area contributed by atoms with Gasteiger partial charge in [0.05, 0.1) is 11.0 Å². The van der Waals surface area contributed by atoms with Crippen LogP contribution in [0, 0.1) is 0 Å². The van der Waals surface area contributed by atoms with E-state index in [9.17, 15) is 0 Å². The first-order valence-electron chi connectivity index (χ1n) is 15.5. The predicted molar refractivity (Wildman–Crippen MR) is 193 cm³/mol. The average molecular weight is 577 g/mol. The molecule has 2 nitrogen and oxygen atoms in total. The molecule has 45 heavy (non-hydrogen) atoms. The van der Waals surface area contributed by atoms with Gasteiger partial charge >= 0.3 is 0 Å². The van der Waals surface area contributed by atoms with Crippen molar-refractivity contribution in [3.8, 4) is 33.6 Å². The van der Waals surface area contributed by atoms with Crippen molar-refractivity contribution in [1.29, 1.82) is 0 Å². The summed E-state index contributed by atoms with van der Waals surface area (Å²) in [4.78, 5) is 5.08. The summed E-state index contributed by atoms with van der Waals surface area (Å²) in [7, 11) is 0. The van der Waals surface area contributed by atoms with Gasteiger partial charge in [-0.25, -0.2) is 4.98 Å². The van der Waals surface area contributed by atoms with Crippen molar-refractivity contribution in [3.63, 3.8) is 0 Å². The number of rotatable bonds is 5. The van der Waals surface area contributed by atoms with Gasteiger partial charge in [0.15, 0.2) is 0 Å². The Morgan fingerprint density at radius 3 is 1.76 bits per heavy atom. The van der Waals surface area contributed by atoms with Crippen LogP contribution in [0.5, 0.6) is 0 Å². The Morgan fingerprint density at radius 1 is 0.556 bits per heavy atom. The molecule has 8 rings (SSSR count). The first-order valence-corrected chi connectivity index (χ1v) is 15.5. The molecular weight excluding hydrogens is 544 g/mol. The predicted octanol–water partition coefficient (Wildman–Crippen LogP) is 11.9. The molecule has 0 atom stereocenters. The number of nitrogens with zero attached hydrogens (tertiary/aromatic N) is 2. The molecule has 0 spiro atoms. The maximum Gasteiger partial charge on any atom is 0.145 e. The van der Waals surface area contributed by atoms with Crippen LogP contribution in [0.1, 0.15) is 13.8 Å². The van der Waals surface area contributed by atoms with E-state index in [4.69, 9.17) is 4.98 Å². The number of imidazole rings is 1. The summed E-state index contributed by atoms with van der Waals surface area (Å²) in [6.45, 7) is 4.18. The number of fused-ring (bicyclic) bond motifs is 4. The van der Waals surface area contributed by atoms with Crippen molar-refractivity contribution in [2.75, 3.05) is 0 Å². The van der Waals surface area contributed by atoms with Crippen LogP contribution in [-0.4, -0.2) is 9.55 Å². The number of allylic oxidation sites excluding steroid dienone is 4. The van der Waals surface area contributed by atoms with E-state index < -0.39 is 0 Å². The fourth-order valence-corrected chi connectivity index (χ4v) is 6.77. The molecule has 0 aliphatic rings. The standard InChI is InChI=1S/C43H32N2/c1-3-4-13-29(2)45-40-21-12-11-20-39(40)44-43(45)32-25-23-31(24-26-32)41-35-16-7-9-18-37(35)42(38-19-10-8-17-36(38)41)34-27-22-30-14-5-6-15-33(30)28-34/h3-28H,1-2H3/b4-3-,29-13+. The Bertz CT molecular complexity index is 2380. The van der Waals surface area contributed by atoms with Crippen LogP contribution in [0.2, 0.25) is 0 Å². The zero-order valence-electron chi connectivity index (χ0n) is 25.4. The molecule has 0 fully saturated rings. The van der Waals surface area contributed by atoms with E-state index in [2.05, 4.69) is 169 Å². The normalized spacial score (nSPS) is 12.3. The molecule has 1 aromatic heterocycles. The van der Waals surface area contributed by atoms with Gasteiger partial charge in [0.2, 0.25) is 0 Å². The second-order valence-corrected chi connectivity index (χ2v) is 11.6. The van der Waals surface area contributed by atoms with E-state index in [1.165, 1.54) is 54.6 Å². The van der Waals surface area contributed by atoms with Gasteiger partial charge in [0.1, 0.15) is 5.82 Å². The molecule has 214 valence electrons. The lowest BCUT2D eigenvalue weighted by Crippen LogP contribution is -1.97. The summed E-state index contributed by atoms with van der Waals surface area (Å²) in [5.74, 6) is 0.947. The Morgan fingerprint density at radius 2 is 1.09 bits per heavy atom. The van der Waals surface area contributed by atoms with Gasteiger partial charge in [-0.05, 0) is 92.7 Å². The molecular formula is C43H32N2. The summed E-state index contributed by atoms with van der Waals surface area (Å²) >= 11 is 0. The van der Waals surface area contributed by atoms with Gasteiger partial charge in [-0.3, -0.25) is 4.57 Å². The first-order chi connectivity index (χ1) is 22.2. The quantitative estimate of drug-likeness (QED) is 0.147. The molecule has 0 bridgehead atoms. The Kier molecular flexibility index (Phi) is 6.61. The van der Waals surface area contributed by atoms with E-state index >= 15 is 0 Å². The Labute approximate surface area is 263 Å². The van der Waals surface area contributed by atoms with Crippen molar-refractivity contribution in [2.45, 2.75) is 13.8 Å². The van der Waals surface area contributed by atoms with Gasteiger partial charge in [-0.1, -0.05) is 133 Å². The Balaban J connectivity index is 1.33. The van der Waals surface area contributed by atoms with Crippen molar-refractivity contribution in [2.24, 2.45) is 0 Å². The molecule has 2 heteroatoms. The van der Waals surface area contributed by atoms with Crippen LogP contribution < -0.4 is 0 Å². The van der Waals surface area contributed by atoms with Gasteiger partial charge in [0, 0.05) is 11.3 Å². The van der Waals surface area contributed by atoms with E-state index in [0.29, 0.717) is 0 Å². The minimum Gasteiger partial charge on any atom is -0.296 e. The molecule has 8 aromatic rings. The van der Waals surface area contributed by atoms with Gasteiger partial charge in [0.25, 0.3) is 0 Å². The second-order valence-electron chi connectivity index (χ2n) is 11.6. The number of benzene rings is 7. The zero-order valence-corrected chi connectivity index (χ0v) is 25.4.